The highest BCUT2D eigenvalue weighted by Crippen LogP contribution is 2.36. The van der Waals surface area contributed by atoms with Crippen LogP contribution in [-0.2, 0) is 0 Å². The zero-order valence-electron chi connectivity index (χ0n) is 19.7. The van der Waals surface area contributed by atoms with Crippen molar-refractivity contribution in [3.8, 4) is 39.6 Å². The van der Waals surface area contributed by atoms with Gasteiger partial charge >= 0.3 is 0 Å². The molecule has 0 saturated carbocycles. The van der Waals surface area contributed by atoms with Crippen LogP contribution in [0.5, 0.6) is 0 Å². The zero-order chi connectivity index (χ0) is 24.8. The van der Waals surface area contributed by atoms with Gasteiger partial charge < -0.3 is 4.57 Å². The van der Waals surface area contributed by atoms with Crippen LogP contribution >= 0.6 is 11.3 Å². The second-order valence-electron chi connectivity index (χ2n) is 8.88. The fourth-order valence-electron chi connectivity index (χ4n) is 4.81. The number of rotatable bonds is 4. The van der Waals surface area contributed by atoms with Gasteiger partial charge in [-0.1, -0.05) is 60.7 Å². The predicted molar refractivity (Wildman–Crippen MR) is 151 cm³/mol. The molecule has 0 spiro atoms. The van der Waals surface area contributed by atoms with Crippen molar-refractivity contribution in [3.63, 3.8) is 0 Å². The summed E-state index contributed by atoms with van der Waals surface area (Å²) in [7, 11) is 0. The standard InChI is InChI=1S/C32H20FN3S/c33-24-13-16-30-27(19-24)26-17-18-37-32(26)36(30)25-14-11-23(12-15-25)31-34-28(21-7-3-1-4-8-21)20-29(35-31)22-9-5-2-6-10-22/h1-20H. The normalized spacial score (nSPS) is 11.4. The number of nitrogens with zero attached hydrogens (tertiary/aromatic N) is 3. The Balaban J connectivity index is 1.36. The van der Waals surface area contributed by atoms with Gasteiger partial charge in [0.2, 0.25) is 0 Å². The third-order valence-electron chi connectivity index (χ3n) is 6.59. The maximum atomic E-state index is 14.0. The third kappa shape index (κ3) is 3.81. The highest BCUT2D eigenvalue weighted by Gasteiger charge is 2.15. The van der Waals surface area contributed by atoms with Gasteiger partial charge in [-0.15, -0.1) is 11.3 Å². The minimum absolute atomic E-state index is 0.224. The molecular weight excluding hydrogens is 477 g/mol. The lowest BCUT2D eigenvalue weighted by Gasteiger charge is -2.11. The summed E-state index contributed by atoms with van der Waals surface area (Å²) in [6.45, 7) is 0. The quantitative estimate of drug-likeness (QED) is 0.243. The minimum Gasteiger partial charge on any atom is -0.301 e. The molecule has 0 saturated heterocycles. The van der Waals surface area contributed by atoms with Crippen LogP contribution < -0.4 is 0 Å². The van der Waals surface area contributed by atoms with Crippen LogP contribution in [0, 0.1) is 5.82 Å². The van der Waals surface area contributed by atoms with E-state index < -0.39 is 0 Å². The Hall–Kier alpha value is -4.61. The highest BCUT2D eigenvalue weighted by atomic mass is 32.1. The Morgan fingerprint density at radius 1 is 0.595 bits per heavy atom. The Labute approximate surface area is 217 Å². The number of hydrogen-bond acceptors (Lipinski definition) is 3. The molecule has 0 unspecified atom stereocenters. The summed E-state index contributed by atoms with van der Waals surface area (Å²) < 4.78 is 16.2. The topological polar surface area (TPSA) is 30.7 Å². The maximum absolute atomic E-state index is 14.0. The van der Waals surface area contributed by atoms with E-state index in [0.29, 0.717) is 5.82 Å². The fraction of sp³-hybridized carbons (Fsp3) is 0. The first-order valence-corrected chi connectivity index (χ1v) is 12.9. The largest absolute Gasteiger partial charge is 0.301 e. The van der Waals surface area contributed by atoms with Gasteiger partial charge in [0.15, 0.2) is 5.82 Å². The maximum Gasteiger partial charge on any atom is 0.160 e. The zero-order valence-corrected chi connectivity index (χ0v) is 20.5. The van der Waals surface area contributed by atoms with Crippen molar-refractivity contribution < 1.29 is 4.39 Å². The number of hydrogen-bond donors (Lipinski definition) is 0. The first kappa shape index (κ1) is 21.7. The van der Waals surface area contributed by atoms with Crippen LogP contribution in [0.1, 0.15) is 0 Å². The van der Waals surface area contributed by atoms with Crippen molar-refractivity contribution in [1.82, 2.24) is 14.5 Å². The van der Waals surface area contributed by atoms with E-state index in [1.54, 1.807) is 17.4 Å². The molecule has 7 rings (SSSR count). The van der Waals surface area contributed by atoms with Gasteiger partial charge in [-0.3, -0.25) is 0 Å². The van der Waals surface area contributed by atoms with Gasteiger partial charge in [-0.05, 0) is 60.0 Å². The molecule has 0 aliphatic heterocycles. The summed E-state index contributed by atoms with van der Waals surface area (Å²) in [6.07, 6.45) is 0. The lowest BCUT2D eigenvalue weighted by atomic mass is 10.1. The van der Waals surface area contributed by atoms with Gasteiger partial charge in [0.25, 0.3) is 0 Å². The molecule has 0 radical (unpaired) electrons. The summed E-state index contributed by atoms with van der Waals surface area (Å²) in [5.74, 6) is 0.449. The Morgan fingerprint density at radius 3 is 1.89 bits per heavy atom. The minimum atomic E-state index is -0.224. The Bertz CT molecular complexity index is 1810. The van der Waals surface area contributed by atoms with E-state index in [1.165, 1.54) is 6.07 Å². The van der Waals surface area contributed by atoms with E-state index in [4.69, 9.17) is 9.97 Å². The van der Waals surface area contributed by atoms with Crippen molar-refractivity contribution in [2.24, 2.45) is 0 Å². The third-order valence-corrected chi connectivity index (χ3v) is 7.48. The molecule has 5 heteroatoms. The molecule has 0 bridgehead atoms. The summed E-state index contributed by atoms with van der Waals surface area (Å²) in [5, 5.41) is 4.04. The van der Waals surface area contributed by atoms with Crippen LogP contribution in [0.2, 0.25) is 0 Å². The molecule has 0 amide bonds. The van der Waals surface area contributed by atoms with Crippen molar-refractivity contribution in [2.45, 2.75) is 0 Å². The Morgan fingerprint density at radius 2 is 1.24 bits per heavy atom. The molecule has 7 aromatic rings. The molecule has 176 valence electrons. The van der Waals surface area contributed by atoms with Gasteiger partial charge in [0.1, 0.15) is 10.6 Å². The predicted octanol–water partition coefficient (Wildman–Crippen LogP) is 8.78. The number of halogens is 1. The molecule has 37 heavy (non-hydrogen) atoms. The average molecular weight is 498 g/mol. The second kappa shape index (κ2) is 8.80. The van der Waals surface area contributed by atoms with Gasteiger partial charge in [0, 0.05) is 33.2 Å². The highest BCUT2D eigenvalue weighted by molar-refractivity contribution is 7.17. The monoisotopic (exact) mass is 497 g/mol. The summed E-state index contributed by atoms with van der Waals surface area (Å²) in [5.41, 5.74) is 6.80. The lowest BCUT2D eigenvalue weighted by molar-refractivity contribution is 0.629. The van der Waals surface area contributed by atoms with E-state index in [1.807, 2.05) is 53.9 Å². The molecule has 4 aromatic carbocycles. The van der Waals surface area contributed by atoms with Crippen LogP contribution in [-0.4, -0.2) is 14.5 Å². The molecule has 0 atom stereocenters. The first-order valence-electron chi connectivity index (χ1n) is 12.0. The summed E-state index contributed by atoms with van der Waals surface area (Å²) in [6, 6.07) is 37.7. The van der Waals surface area contributed by atoms with Crippen LogP contribution in [0.4, 0.5) is 4.39 Å². The SMILES string of the molecule is Fc1ccc2c(c1)c1ccsc1n2-c1ccc(-c2nc(-c3ccccc3)cc(-c3ccccc3)n2)cc1. The summed E-state index contributed by atoms with van der Waals surface area (Å²) >= 11 is 1.66. The molecule has 0 fully saturated rings. The van der Waals surface area contributed by atoms with Crippen LogP contribution in [0.15, 0.2) is 121 Å². The molecule has 0 N–H and O–H groups in total. The van der Waals surface area contributed by atoms with Crippen molar-refractivity contribution in [1.29, 1.82) is 0 Å². The molecule has 3 heterocycles. The van der Waals surface area contributed by atoms with E-state index in [9.17, 15) is 4.39 Å². The van der Waals surface area contributed by atoms with Crippen molar-refractivity contribution in [2.75, 3.05) is 0 Å². The van der Waals surface area contributed by atoms with E-state index >= 15 is 0 Å². The molecule has 3 nitrogen and oxygen atoms in total. The smallest absolute Gasteiger partial charge is 0.160 e. The number of benzene rings is 4. The van der Waals surface area contributed by atoms with Gasteiger partial charge in [-0.25, -0.2) is 14.4 Å². The van der Waals surface area contributed by atoms with E-state index in [0.717, 1.165) is 54.9 Å². The fourth-order valence-corrected chi connectivity index (χ4v) is 5.76. The molecule has 3 aromatic heterocycles. The second-order valence-corrected chi connectivity index (χ2v) is 9.77. The van der Waals surface area contributed by atoms with Gasteiger partial charge in [0.05, 0.1) is 16.9 Å². The average Bonchev–Trinajstić information content (AvgIpc) is 3.55. The van der Waals surface area contributed by atoms with E-state index in [-0.39, 0.29) is 5.82 Å². The molecule has 0 aliphatic carbocycles. The number of fused-ring (bicyclic) bond motifs is 3. The number of aromatic nitrogens is 3. The van der Waals surface area contributed by atoms with E-state index in [2.05, 4.69) is 59.2 Å². The Kier molecular flexibility index (Phi) is 5.15. The number of thiophene rings is 1. The molecular formula is C32H20FN3S. The van der Waals surface area contributed by atoms with Crippen molar-refractivity contribution >= 4 is 32.5 Å². The summed E-state index contributed by atoms with van der Waals surface area (Å²) in [4.78, 5) is 11.0. The van der Waals surface area contributed by atoms with Crippen LogP contribution in [0.25, 0.3) is 60.7 Å². The lowest BCUT2D eigenvalue weighted by Crippen LogP contribution is -1.97. The first-order chi connectivity index (χ1) is 18.2. The van der Waals surface area contributed by atoms with Gasteiger partial charge in [-0.2, -0.15) is 0 Å². The molecule has 0 aliphatic rings. The van der Waals surface area contributed by atoms with Crippen LogP contribution in [0.3, 0.4) is 0 Å². The van der Waals surface area contributed by atoms with Crippen molar-refractivity contribution in [3.05, 3.63) is 126 Å².